The fourth-order valence-electron chi connectivity index (χ4n) is 1.53. The van der Waals surface area contributed by atoms with Crippen LogP contribution in [-0.2, 0) is 11.0 Å². The van der Waals surface area contributed by atoms with Crippen molar-refractivity contribution < 1.29 is 28.0 Å². The first-order valence-electron chi connectivity index (χ1n) is 5.85. The molecule has 1 aromatic heterocycles. The number of nitrogens with zero attached hydrogens (tertiary/aromatic N) is 2. The van der Waals surface area contributed by atoms with Gasteiger partial charge >= 0.3 is 17.8 Å². The van der Waals surface area contributed by atoms with Gasteiger partial charge in [-0.05, 0) is 12.5 Å². The van der Waals surface area contributed by atoms with E-state index >= 15 is 0 Å². The van der Waals surface area contributed by atoms with Gasteiger partial charge in [0, 0.05) is 6.54 Å². The summed E-state index contributed by atoms with van der Waals surface area (Å²) in [5.41, 5.74) is -2.36. The molecule has 10 heteroatoms. The van der Waals surface area contributed by atoms with Crippen molar-refractivity contribution in [3.05, 3.63) is 28.1 Å². The van der Waals surface area contributed by atoms with Crippen molar-refractivity contribution in [2.24, 2.45) is 5.92 Å². The number of hydrogen-bond donors (Lipinski definition) is 2. The summed E-state index contributed by atoms with van der Waals surface area (Å²) in [5.74, 6) is -2.01. The highest BCUT2D eigenvalue weighted by Crippen LogP contribution is 2.33. The normalized spacial score (nSPS) is 12.8. The molecule has 0 fully saturated rings. The Kier molecular flexibility index (Phi) is 5.06. The Bertz CT molecular complexity index is 548. The highest BCUT2D eigenvalue weighted by Gasteiger charge is 2.34. The van der Waals surface area contributed by atoms with Gasteiger partial charge in [0.25, 0.3) is 0 Å². The molecule has 2 N–H and O–H groups in total. The van der Waals surface area contributed by atoms with E-state index in [1.54, 1.807) is 6.92 Å². The van der Waals surface area contributed by atoms with Crippen LogP contribution in [0.4, 0.5) is 24.5 Å². The van der Waals surface area contributed by atoms with Crippen molar-refractivity contribution in [1.29, 1.82) is 0 Å². The number of alkyl halides is 3. The molecule has 116 valence electrons. The van der Waals surface area contributed by atoms with Crippen LogP contribution in [-0.4, -0.2) is 27.5 Å². The largest absolute Gasteiger partial charge is 0.481 e. The fraction of sp³-hybridized carbons (Fsp3) is 0.455. The van der Waals surface area contributed by atoms with E-state index in [4.69, 9.17) is 5.11 Å². The molecule has 1 heterocycles. The molecule has 7 nitrogen and oxygen atoms in total. The lowest BCUT2D eigenvalue weighted by Crippen LogP contribution is -2.22. The topological polar surface area (TPSA) is 105 Å². The van der Waals surface area contributed by atoms with Gasteiger partial charge in [0.15, 0.2) is 0 Å². The molecule has 0 spiro atoms. The van der Waals surface area contributed by atoms with Gasteiger partial charge in [0.05, 0.1) is 10.8 Å². The number of carboxylic acid groups (broad SMARTS) is 1. The summed E-state index contributed by atoms with van der Waals surface area (Å²) in [6, 6.07) is 0.493. The van der Waals surface area contributed by atoms with Crippen molar-refractivity contribution >= 4 is 17.3 Å². The Labute approximate surface area is 116 Å². The lowest BCUT2D eigenvalue weighted by Gasteiger charge is -2.13. The number of aliphatic carboxylic acids is 1. The Morgan fingerprint density at radius 2 is 2.19 bits per heavy atom. The molecule has 1 aromatic rings. The second kappa shape index (κ2) is 6.37. The van der Waals surface area contributed by atoms with Crippen LogP contribution in [0.2, 0.25) is 0 Å². The summed E-state index contributed by atoms with van der Waals surface area (Å²) in [5, 5.41) is 22.0. The summed E-state index contributed by atoms with van der Waals surface area (Å²) in [6.07, 6.45) is -4.03. The third-order valence-corrected chi connectivity index (χ3v) is 2.75. The van der Waals surface area contributed by atoms with E-state index in [1.165, 1.54) is 0 Å². The average molecular weight is 307 g/mol. The number of nitrogens with one attached hydrogen (secondary N) is 1. The van der Waals surface area contributed by atoms with Gasteiger partial charge in [0.1, 0.15) is 17.6 Å². The number of carboxylic acids is 1. The first kappa shape index (κ1) is 16.7. The summed E-state index contributed by atoms with van der Waals surface area (Å²) >= 11 is 0. The predicted octanol–water partition coefficient (Wildman–Crippen LogP) is 2.53. The molecule has 0 saturated carbocycles. The Morgan fingerprint density at radius 3 is 2.62 bits per heavy atom. The zero-order valence-electron chi connectivity index (χ0n) is 10.8. The minimum atomic E-state index is -4.75. The summed E-state index contributed by atoms with van der Waals surface area (Å²) in [4.78, 5) is 23.7. The molecule has 0 aliphatic rings. The number of hydrogen-bond acceptors (Lipinski definition) is 5. The van der Waals surface area contributed by atoms with E-state index in [2.05, 4.69) is 10.3 Å². The van der Waals surface area contributed by atoms with Crippen molar-refractivity contribution in [3.63, 3.8) is 0 Å². The SMILES string of the molecule is CCC(CNc1cc(C(F)(F)F)ncc1[N+](=O)[O-])C(=O)O. The number of rotatable bonds is 6. The van der Waals surface area contributed by atoms with Crippen LogP contribution in [0.3, 0.4) is 0 Å². The van der Waals surface area contributed by atoms with Crippen LogP contribution in [0.5, 0.6) is 0 Å². The number of aromatic nitrogens is 1. The quantitative estimate of drug-likeness (QED) is 0.618. The maximum atomic E-state index is 12.5. The zero-order valence-corrected chi connectivity index (χ0v) is 10.8. The molecule has 1 rings (SSSR count). The number of anilines is 1. The third-order valence-electron chi connectivity index (χ3n) is 2.75. The summed E-state index contributed by atoms with van der Waals surface area (Å²) in [6.45, 7) is 1.36. The number of halogens is 3. The van der Waals surface area contributed by atoms with Gasteiger partial charge in [-0.1, -0.05) is 6.92 Å². The van der Waals surface area contributed by atoms with Crippen molar-refractivity contribution in [3.8, 4) is 0 Å². The summed E-state index contributed by atoms with van der Waals surface area (Å²) < 4.78 is 37.6. The van der Waals surface area contributed by atoms with E-state index in [1.807, 2.05) is 0 Å². The highest BCUT2D eigenvalue weighted by molar-refractivity contribution is 5.71. The highest BCUT2D eigenvalue weighted by atomic mass is 19.4. The summed E-state index contributed by atoms with van der Waals surface area (Å²) in [7, 11) is 0. The van der Waals surface area contributed by atoms with Crippen LogP contribution in [0.1, 0.15) is 19.0 Å². The fourth-order valence-corrected chi connectivity index (χ4v) is 1.53. The molecule has 0 aliphatic carbocycles. The molecule has 0 saturated heterocycles. The standard InChI is InChI=1S/C11H12F3N3O4/c1-2-6(10(18)19)4-15-7-3-9(11(12,13)14)16-5-8(7)17(20)21/h3,5-6H,2,4H2,1H3,(H,15,16)(H,18,19). The van der Waals surface area contributed by atoms with E-state index < -0.39 is 40.1 Å². The lowest BCUT2D eigenvalue weighted by atomic mass is 10.1. The molecular formula is C11H12F3N3O4. The Hall–Kier alpha value is -2.39. The van der Waals surface area contributed by atoms with Crippen LogP contribution in [0.25, 0.3) is 0 Å². The van der Waals surface area contributed by atoms with Crippen LogP contribution < -0.4 is 5.32 Å². The van der Waals surface area contributed by atoms with Gasteiger partial charge in [-0.15, -0.1) is 0 Å². The predicted molar refractivity (Wildman–Crippen MR) is 65.8 cm³/mol. The van der Waals surface area contributed by atoms with Crippen LogP contribution in [0.15, 0.2) is 12.3 Å². The second-order valence-corrected chi connectivity index (χ2v) is 4.17. The number of pyridine rings is 1. The van der Waals surface area contributed by atoms with Crippen molar-refractivity contribution in [2.75, 3.05) is 11.9 Å². The molecule has 1 unspecified atom stereocenters. The maximum Gasteiger partial charge on any atom is 0.433 e. The Balaban J connectivity index is 3.07. The minimum Gasteiger partial charge on any atom is -0.481 e. The van der Waals surface area contributed by atoms with E-state index in [0.717, 1.165) is 0 Å². The van der Waals surface area contributed by atoms with Gasteiger partial charge in [0.2, 0.25) is 0 Å². The molecule has 0 bridgehead atoms. The molecule has 0 amide bonds. The van der Waals surface area contributed by atoms with Crippen molar-refractivity contribution in [1.82, 2.24) is 4.98 Å². The van der Waals surface area contributed by atoms with E-state index in [9.17, 15) is 28.1 Å². The lowest BCUT2D eigenvalue weighted by molar-refractivity contribution is -0.384. The minimum absolute atomic E-state index is 0.228. The molecule has 21 heavy (non-hydrogen) atoms. The van der Waals surface area contributed by atoms with Crippen LogP contribution in [0, 0.1) is 16.0 Å². The second-order valence-electron chi connectivity index (χ2n) is 4.17. The third kappa shape index (κ3) is 4.29. The average Bonchev–Trinajstić information content (AvgIpc) is 2.37. The van der Waals surface area contributed by atoms with Crippen LogP contribution >= 0.6 is 0 Å². The molecule has 0 aromatic carbocycles. The molecule has 1 atom stereocenters. The smallest absolute Gasteiger partial charge is 0.433 e. The van der Waals surface area contributed by atoms with Gasteiger partial charge in [-0.25, -0.2) is 4.98 Å². The van der Waals surface area contributed by atoms with Crippen molar-refractivity contribution in [2.45, 2.75) is 19.5 Å². The van der Waals surface area contributed by atoms with Gasteiger partial charge in [-0.3, -0.25) is 14.9 Å². The first-order chi connectivity index (χ1) is 9.66. The number of carbonyl (C=O) groups is 1. The number of nitro groups is 1. The van der Waals surface area contributed by atoms with E-state index in [-0.39, 0.29) is 13.0 Å². The Morgan fingerprint density at radius 1 is 1.57 bits per heavy atom. The van der Waals surface area contributed by atoms with Gasteiger partial charge in [-0.2, -0.15) is 13.2 Å². The molecule has 0 radical (unpaired) electrons. The van der Waals surface area contributed by atoms with E-state index in [0.29, 0.717) is 12.3 Å². The zero-order chi connectivity index (χ0) is 16.2. The monoisotopic (exact) mass is 307 g/mol. The maximum absolute atomic E-state index is 12.5. The molecule has 0 aliphatic heterocycles. The first-order valence-corrected chi connectivity index (χ1v) is 5.85. The molecular weight excluding hydrogens is 295 g/mol. The van der Waals surface area contributed by atoms with Gasteiger partial charge < -0.3 is 10.4 Å².